The molecular weight excluding hydrogens is 451 g/mol. The molecule has 0 atom stereocenters. The standard InChI is InChI=1S/C22H27FN4O5S/c1-15(2)24-21(28)14-26-8-10-27(11-9-26)20-7-6-17(13-19(20)22(29)30)25-33(31,32)18-5-3-4-16(23)12-18/h3-7,12-13,15,25H,8-11,14H2,1-2H3,(H,24,28)(H,29,30). The van der Waals surface area contributed by atoms with Crippen LogP contribution in [0.1, 0.15) is 24.2 Å². The summed E-state index contributed by atoms with van der Waals surface area (Å²) >= 11 is 0. The highest BCUT2D eigenvalue weighted by Crippen LogP contribution is 2.27. The van der Waals surface area contributed by atoms with E-state index >= 15 is 0 Å². The highest BCUT2D eigenvalue weighted by Gasteiger charge is 2.24. The van der Waals surface area contributed by atoms with E-state index in [2.05, 4.69) is 10.0 Å². The number of anilines is 2. The molecule has 3 rings (SSSR count). The maximum absolute atomic E-state index is 13.4. The molecule has 1 saturated heterocycles. The van der Waals surface area contributed by atoms with E-state index in [0.29, 0.717) is 31.9 Å². The lowest BCUT2D eigenvalue weighted by atomic mass is 10.1. The minimum absolute atomic E-state index is 0.0551. The van der Waals surface area contributed by atoms with Gasteiger partial charge >= 0.3 is 5.97 Å². The predicted octanol–water partition coefficient (Wildman–Crippen LogP) is 1.97. The van der Waals surface area contributed by atoms with Crippen molar-refractivity contribution in [1.82, 2.24) is 10.2 Å². The number of carbonyl (C=O) groups is 2. The zero-order valence-corrected chi connectivity index (χ0v) is 19.2. The molecule has 0 spiro atoms. The van der Waals surface area contributed by atoms with E-state index < -0.39 is 21.8 Å². The molecule has 9 nitrogen and oxygen atoms in total. The number of halogens is 1. The van der Waals surface area contributed by atoms with Gasteiger partial charge in [0.25, 0.3) is 10.0 Å². The minimum atomic E-state index is -4.08. The fourth-order valence-electron chi connectivity index (χ4n) is 3.61. The first-order chi connectivity index (χ1) is 15.5. The summed E-state index contributed by atoms with van der Waals surface area (Å²) in [5, 5.41) is 12.6. The third-order valence-electron chi connectivity index (χ3n) is 5.12. The Bertz CT molecular complexity index is 1130. The van der Waals surface area contributed by atoms with Crippen LogP contribution in [0.2, 0.25) is 0 Å². The number of piperazine rings is 1. The van der Waals surface area contributed by atoms with Gasteiger partial charge in [-0.15, -0.1) is 0 Å². The molecule has 0 unspecified atom stereocenters. The molecular formula is C22H27FN4O5S. The summed E-state index contributed by atoms with van der Waals surface area (Å²) in [6.45, 7) is 6.26. The second kappa shape index (κ2) is 10.2. The van der Waals surface area contributed by atoms with Gasteiger partial charge in [0, 0.05) is 37.9 Å². The maximum Gasteiger partial charge on any atom is 0.337 e. The Labute approximate surface area is 192 Å². The number of carbonyl (C=O) groups excluding carboxylic acids is 1. The van der Waals surface area contributed by atoms with E-state index in [9.17, 15) is 27.5 Å². The average Bonchev–Trinajstić information content (AvgIpc) is 2.73. The van der Waals surface area contributed by atoms with Crippen LogP contribution in [0, 0.1) is 5.82 Å². The molecule has 2 aromatic carbocycles. The molecule has 0 bridgehead atoms. The Balaban J connectivity index is 1.72. The Morgan fingerprint density at radius 1 is 1.09 bits per heavy atom. The van der Waals surface area contributed by atoms with Crippen molar-refractivity contribution in [3.05, 3.63) is 53.8 Å². The molecule has 1 heterocycles. The van der Waals surface area contributed by atoms with Gasteiger partial charge in [-0.25, -0.2) is 17.6 Å². The fourth-order valence-corrected chi connectivity index (χ4v) is 4.69. The third-order valence-corrected chi connectivity index (χ3v) is 6.49. The topological polar surface area (TPSA) is 119 Å². The maximum atomic E-state index is 13.4. The summed E-state index contributed by atoms with van der Waals surface area (Å²) in [4.78, 5) is 27.5. The highest BCUT2D eigenvalue weighted by molar-refractivity contribution is 7.92. The number of hydrogen-bond donors (Lipinski definition) is 3. The lowest BCUT2D eigenvalue weighted by molar-refractivity contribution is -0.122. The number of hydrogen-bond acceptors (Lipinski definition) is 6. The number of aromatic carboxylic acids is 1. The third kappa shape index (κ3) is 6.42. The summed E-state index contributed by atoms with van der Waals surface area (Å²) in [6, 6.07) is 8.88. The molecule has 0 saturated carbocycles. The van der Waals surface area contributed by atoms with E-state index in [1.807, 2.05) is 23.6 Å². The Morgan fingerprint density at radius 2 is 1.79 bits per heavy atom. The van der Waals surface area contributed by atoms with Gasteiger partial charge in [-0.1, -0.05) is 6.07 Å². The Kier molecular flexibility index (Phi) is 7.54. The molecule has 0 radical (unpaired) electrons. The second-order valence-corrected chi connectivity index (χ2v) is 9.77. The van der Waals surface area contributed by atoms with Crippen molar-refractivity contribution in [2.75, 3.05) is 42.3 Å². The molecule has 178 valence electrons. The van der Waals surface area contributed by atoms with E-state index in [4.69, 9.17) is 0 Å². The lowest BCUT2D eigenvalue weighted by Gasteiger charge is -2.36. The van der Waals surface area contributed by atoms with Gasteiger partial charge in [-0.2, -0.15) is 0 Å². The first kappa shape index (κ1) is 24.5. The number of carboxylic acids is 1. The number of nitrogens with one attached hydrogen (secondary N) is 2. The average molecular weight is 479 g/mol. The van der Waals surface area contributed by atoms with Gasteiger partial charge in [0.15, 0.2) is 0 Å². The first-order valence-corrected chi connectivity index (χ1v) is 12.0. The molecule has 11 heteroatoms. The van der Waals surface area contributed by atoms with Crippen molar-refractivity contribution in [3.8, 4) is 0 Å². The van der Waals surface area contributed by atoms with Crippen molar-refractivity contribution in [2.45, 2.75) is 24.8 Å². The van der Waals surface area contributed by atoms with E-state index in [-0.39, 0.29) is 34.6 Å². The number of sulfonamides is 1. The van der Waals surface area contributed by atoms with Crippen molar-refractivity contribution < 1.29 is 27.5 Å². The number of benzene rings is 2. The van der Waals surface area contributed by atoms with Gasteiger partial charge in [-0.05, 0) is 50.2 Å². The molecule has 33 heavy (non-hydrogen) atoms. The van der Waals surface area contributed by atoms with Crippen molar-refractivity contribution in [3.63, 3.8) is 0 Å². The molecule has 2 aromatic rings. The fraction of sp³-hybridized carbons (Fsp3) is 0.364. The molecule has 3 N–H and O–H groups in total. The molecule has 1 fully saturated rings. The monoisotopic (exact) mass is 478 g/mol. The van der Waals surface area contributed by atoms with Crippen molar-refractivity contribution in [2.24, 2.45) is 0 Å². The first-order valence-electron chi connectivity index (χ1n) is 10.5. The summed E-state index contributed by atoms with van der Waals surface area (Å²) in [6.07, 6.45) is 0. The van der Waals surface area contributed by atoms with E-state index in [1.165, 1.54) is 24.3 Å². The van der Waals surface area contributed by atoms with Crippen LogP contribution in [0.4, 0.5) is 15.8 Å². The van der Waals surface area contributed by atoms with Crippen LogP contribution in [0.3, 0.4) is 0 Å². The summed E-state index contributed by atoms with van der Waals surface area (Å²) in [7, 11) is -4.08. The van der Waals surface area contributed by atoms with Crippen molar-refractivity contribution >= 4 is 33.3 Å². The largest absolute Gasteiger partial charge is 0.478 e. The zero-order chi connectivity index (χ0) is 24.2. The van der Waals surface area contributed by atoms with Crippen LogP contribution >= 0.6 is 0 Å². The normalized spacial score (nSPS) is 14.8. The lowest BCUT2D eigenvalue weighted by Crippen LogP contribution is -2.50. The smallest absolute Gasteiger partial charge is 0.337 e. The van der Waals surface area contributed by atoms with Crippen LogP contribution in [0.5, 0.6) is 0 Å². The van der Waals surface area contributed by atoms with Crippen LogP contribution in [-0.4, -0.2) is 69.1 Å². The predicted molar refractivity (Wildman–Crippen MR) is 123 cm³/mol. The molecule has 0 aliphatic carbocycles. The molecule has 0 aromatic heterocycles. The SMILES string of the molecule is CC(C)NC(=O)CN1CCN(c2ccc(NS(=O)(=O)c3cccc(F)c3)cc2C(=O)O)CC1. The number of carboxylic acid groups (broad SMARTS) is 1. The van der Waals surface area contributed by atoms with E-state index in [1.54, 1.807) is 6.07 Å². The van der Waals surface area contributed by atoms with Crippen LogP contribution in [0.15, 0.2) is 47.4 Å². The summed E-state index contributed by atoms with van der Waals surface area (Å²) < 4.78 is 40.8. The van der Waals surface area contributed by atoms with Crippen LogP contribution in [0.25, 0.3) is 0 Å². The number of nitrogens with zero attached hydrogens (tertiary/aromatic N) is 2. The van der Waals surface area contributed by atoms with Crippen molar-refractivity contribution in [1.29, 1.82) is 0 Å². The number of amides is 1. The zero-order valence-electron chi connectivity index (χ0n) is 18.4. The van der Waals surface area contributed by atoms with Gasteiger partial charge in [0.05, 0.1) is 22.7 Å². The number of rotatable bonds is 8. The molecule has 1 amide bonds. The minimum Gasteiger partial charge on any atom is -0.478 e. The van der Waals surface area contributed by atoms with Crippen LogP contribution < -0.4 is 14.9 Å². The molecule has 1 aliphatic rings. The summed E-state index contributed by atoms with van der Waals surface area (Å²) in [5.41, 5.74) is 0.465. The quantitative estimate of drug-likeness (QED) is 0.531. The Hall–Kier alpha value is -3.18. The highest BCUT2D eigenvalue weighted by atomic mass is 32.2. The van der Waals surface area contributed by atoms with E-state index in [0.717, 1.165) is 12.1 Å². The second-order valence-electron chi connectivity index (χ2n) is 8.09. The van der Waals surface area contributed by atoms with Gasteiger partial charge in [0.1, 0.15) is 5.82 Å². The summed E-state index contributed by atoms with van der Waals surface area (Å²) in [5.74, 6) is -1.95. The molecule has 1 aliphatic heterocycles. The van der Waals surface area contributed by atoms with Crippen LogP contribution in [-0.2, 0) is 14.8 Å². The van der Waals surface area contributed by atoms with Gasteiger partial charge < -0.3 is 15.3 Å². The van der Waals surface area contributed by atoms with Gasteiger partial charge in [-0.3, -0.25) is 14.4 Å². The van der Waals surface area contributed by atoms with Gasteiger partial charge in [0.2, 0.25) is 5.91 Å². The Morgan fingerprint density at radius 3 is 2.39 bits per heavy atom.